The maximum absolute atomic E-state index is 12.3. The summed E-state index contributed by atoms with van der Waals surface area (Å²) in [6.07, 6.45) is 1.72. The summed E-state index contributed by atoms with van der Waals surface area (Å²) >= 11 is 9.66. The van der Waals surface area contributed by atoms with Crippen molar-refractivity contribution < 1.29 is 19.1 Å². The number of hydrogen-bond acceptors (Lipinski definition) is 6. The lowest BCUT2D eigenvalue weighted by molar-refractivity contribution is -0.118. The van der Waals surface area contributed by atoms with E-state index in [0.29, 0.717) is 26.4 Å². The van der Waals surface area contributed by atoms with E-state index in [4.69, 9.17) is 21.7 Å². The van der Waals surface area contributed by atoms with Crippen molar-refractivity contribution in [1.82, 2.24) is 5.32 Å². The molecular weight excluding hydrogens is 488 g/mol. The molecular formula is C21H19BrN2O4S2. The zero-order chi connectivity index (χ0) is 21.8. The summed E-state index contributed by atoms with van der Waals surface area (Å²) < 4.78 is 12.2. The number of rotatable bonds is 6. The highest BCUT2D eigenvalue weighted by Crippen LogP contribution is 2.32. The highest BCUT2D eigenvalue weighted by molar-refractivity contribution is 9.10. The van der Waals surface area contributed by atoms with Gasteiger partial charge in [0.1, 0.15) is 4.32 Å². The van der Waals surface area contributed by atoms with Crippen LogP contribution in [-0.4, -0.2) is 29.9 Å². The third-order valence-corrected chi connectivity index (χ3v) is 6.16. The molecule has 6 nitrogen and oxygen atoms in total. The van der Waals surface area contributed by atoms with Crippen LogP contribution in [0.1, 0.15) is 16.7 Å². The highest BCUT2D eigenvalue weighted by Gasteiger charge is 2.22. The lowest BCUT2D eigenvalue weighted by Crippen LogP contribution is -2.20. The van der Waals surface area contributed by atoms with Crippen LogP contribution >= 0.6 is 39.9 Å². The topological polar surface area (TPSA) is 76.7 Å². The van der Waals surface area contributed by atoms with Crippen LogP contribution in [0.4, 0.5) is 5.69 Å². The normalized spacial score (nSPS) is 14.6. The van der Waals surface area contributed by atoms with Gasteiger partial charge in [0.15, 0.2) is 18.1 Å². The van der Waals surface area contributed by atoms with Crippen LogP contribution < -0.4 is 20.1 Å². The summed E-state index contributed by atoms with van der Waals surface area (Å²) in [5, 5.41) is 5.41. The molecule has 0 atom stereocenters. The van der Waals surface area contributed by atoms with Crippen LogP contribution in [0.2, 0.25) is 0 Å². The molecule has 1 aliphatic rings. The van der Waals surface area contributed by atoms with Crippen LogP contribution in [0.15, 0.2) is 39.7 Å². The second-order valence-electron chi connectivity index (χ2n) is 6.52. The van der Waals surface area contributed by atoms with Gasteiger partial charge in [-0.15, -0.1) is 0 Å². The molecule has 0 unspecified atom stereocenters. The monoisotopic (exact) mass is 506 g/mol. The van der Waals surface area contributed by atoms with E-state index >= 15 is 0 Å². The number of halogens is 1. The quantitative estimate of drug-likeness (QED) is 0.441. The van der Waals surface area contributed by atoms with Gasteiger partial charge < -0.3 is 20.1 Å². The molecule has 0 aliphatic carbocycles. The molecule has 2 aromatic rings. The first-order valence-electron chi connectivity index (χ1n) is 8.89. The number of nitrogens with one attached hydrogen (secondary N) is 2. The van der Waals surface area contributed by atoms with E-state index in [1.165, 1.54) is 18.9 Å². The van der Waals surface area contributed by atoms with Crippen molar-refractivity contribution in [1.29, 1.82) is 0 Å². The fourth-order valence-corrected chi connectivity index (χ4v) is 4.27. The molecule has 0 spiro atoms. The Balaban J connectivity index is 1.67. The first kappa shape index (κ1) is 22.3. The van der Waals surface area contributed by atoms with Crippen molar-refractivity contribution in [3.05, 3.63) is 56.4 Å². The van der Waals surface area contributed by atoms with Crippen LogP contribution in [0.3, 0.4) is 0 Å². The highest BCUT2D eigenvalue weighted by atomic mass is 79.9. The molecule has 0 bridgehead atoms. The Morgan fingerprint density at radius 3 is 2.63 bits per heavy atom. The molecule has 2 N–H and O–H groups in total. The van der Waals surface area contributed by atoms with Gasteiger partial charge in [-0.3, -0.25) is 9.59 Å². The molecule has 2 aromatic carbocycles. The summed E-state index contributed by atoms with van der Waals surface area (Å²) in [6.45, 7) is 3.81. The molecule has 30 heavy (non-hydrogen) atoms. The van der Waals surface area contributed by atoms with Gasteiger partial charge >= 0.3 is 0 Å². The fourth-order valence-electron chi connectivity index (χ4n) is 2.67. The number of methoxy groups -OCH3 is 1. The molecule has 0 saturated carbocycles. The number of benzene rings is 2. The second-order valence-corrected chi connectivity index (χ2v) is 9.09. The molecule has 1 fully saturated rings. The number of aryl methyl sites for hydroxylation is 2. The van der Waals surface area contributed by atoms with Gasteiger partial charge in [-0.1, -0.05) is 30.0 Å². The molecule has 9 heteroatoms. The summed E-state index contributed by atoms with van der Waals surface area (Å²) in [5.41, 5.74) is 3.65. The minimum Gasteiger partial charge on any atom is -0.493 e. The Bertz CT molecular complexity index is 1070. The first-order chi connectivity index (χ1) is 14.3. The largest absolute Gasteiger partial charge is 0.493 e. The molecule has 0 aromatic heterocycles. The number of hydrogen-bond donors (Lipinski definition) is 2. The lowest BCUT2D eigenvalue weighted by Gasteiger charge is -2.13. The predicted octanol–water partition coefficient (Wildman–Crippen LogP) is 4.58. The van der Waals surface area contributed by atoms with E-state index in [2.05, 4.69) is 26.6 Å². The van der Waals surface area contributed by atoms with Gasteiger partial charge in [0.2, 0.25) is 0 Å². The maximum atomic E-state index is 12.3. The average molecular weight is 507 g/mol. The minimum absolute atomic E-state index is 0.178. The molecule has 2 amide bonds. The minimum atomic E-state index is -0.292. The van der Waals surface area contributed by atoms with Gasteiger partial charge in [-0.2, -0.15) is 0 Å². The summed E-state index contributed by atoms with van der Waals surface area (Å²) in [6, 6.07) is 9.06. The first-order valence-corrected chi connectivity index (χ1v) is 10.9. The Kier molecular flexibility index (Phi) is 7.17. The van der Waals surface area contributed by atoms with Crippen molar-refractivity contribution in [2.24, 2.45) is 0 Å². The summed E-state index contributed by atoms with van der Waals surface area (Å²) in [5.74, 6) is 0.363. The van der Waals surface area contributed by atoms with Gasteiger partial charge in [-0.25, -0.2) is 0 Å². The zero-order valence-corrected chi connectivity index (χ0v) is 19.7. The number of carbonyl (C=O) groups is 2. The Morgan fingerprint density at radius 2 is 1.97 bits per heavy atom. The van der Waals surface area contributed by atoms with Crippen LogP contribution in [0.5, 0.6) is 11.5 Å². The van der Waals surface area contributed by atoms with E-state index < -0.39 is 0 Å². The van der Waals surface area contributed by atoms with Gasteiger partial charge in [0, 0.05) is 4.47 Å². The number of ether oxygens (including phenoxy) is 2. The predicted molar refractivity (Wildman–Crippen MR) is 127 cm³/mol. The van der Waals surface area contributed by atoms with Crippen molar-refractivity contribution in [2.75, 3.05) is 19.0 Å². The lowest BCUT2D eigenvalue weighted by atomic mass is 10.1. The fraction of sp³-hybridized carbons (Fsp3) is 0.190. The zero-order valence-electron chi connectivity index (χ0n) is 16.5. The Labute approximate surface area is 192 Å². The van der Waals surface area contributed by atoms with E-state index in [9.17, 15) is 9.59 Å². The summed E-state index contributed by atoms with van der Waals surface area (Å²) in [4.78, 5) is 24.6. The standard InChI is InChI=1S/C21H19BrN2O4S2/c1-11-6-14(22)15(7-12(11)2)23-19(25)10-28-16-5-4-13(8-17(16)27-3)9-18-20(26)24-21(29)30-18/h4-9H,10H2,1-3H3,(H,23,25)(H,24,26,29). The molecule has 156 valence electrons. The molecule has 1 saturated heterocycles. The number of anilines is 1. The second kappa shape index (κ2) is 9.63. The van der Waals surface area contributed by atoms with Crippen molar-refractivity contribution >= 4 is 67.8 Å². The van der Waals surface area contributed by atoms with Gasteiger partial charge in [-0.05, 0) is 76.8 Å². The van der Waals surface area contributed by atoms with E-state index in [1.807, 2.05) is 26.0 Å². The molecule has 1 heterocycles. The SMILES string of the molecule is COc1cc(C=C2SC(=S)NC2=O)ccc1OCC(=O)Nc1cc(C)c(C)cc1Br. The Hall–Kier alpha value is -2.36. The maximum Gasteiger partial charge on any atom is 0.263 e. The third-order valence-electron chi connectivity index (χ3n) is 4.34. The number of carbonyl (C=O) groups excluding carboxylic acids is 2. The van der Waals surface area contributed by atoms with Gasteiger partial charge in [0.05, 0.1) is 17.7 Å². The average Bonchev–Trinajstić information content (AvgIpc) is 3.01. The smallest absolute Gasteiger partial charge is 0.263 e. The molecule has 3 rings (SSSR count). The third kappa shape index (κ3) is 5.41. The van der Waals surface area contributed by atoms with Crippen LogP contribution in [0.25, 0.3) is 6.08 Å². The van der Waals surface area contributed by atoms with E-state index in [1.54, 1.807) is 24.3 Å². The summed E-state index contributed by atoms with van der Waals surface area (Å²) in [7, 11) is 1.51. The van der Waals surface area contributed by atoms with Crippen molar-refractivity contribution in [3.8, 4) is 11.5 Å². The molecule has 0 radical (unpaired) electrons. The number of thiocarbonyl (C=S) groups is 1. The van der Waals surface area contributed by atoms with E-state index in [-0.39, 0.29) is 18.4 Å². The molecule has 1 aliphatic heterocycles. The van der Waals surface area contributed by atoms with Gasteiger partial charge in [0.25, 0.3) is 11.8 Å². The number of amides is 2. The van der Waals surface area contributed by atoms with Crippen molar-refractivity contribution in [2.45, 2.75) is 13.8 Å². The Morgan fingerprint density at radius 1 is 1.23 bits per heavy atom. The van der Waals surface area contributed by atoms with Crippen LogP contribution in [0, 0.1) is 13.8 Å². The number of thioether (sulfide) groups is 1. The van der Waals surface area contributed by atoms with Crippen LogP contribution in [-0.2, 0) is 9.59 Å². The van der Waals surface area contributed by atoms with Crippen molar-refractivity contribution in [3.63, 3.8) is 0 Å². The van der Waals surface area contributed by atoms with E-state index in [0.717, 1.165) is 21.2 Å².